The number of methoxy groups -OCH3 is 1. The molecule has 0 aliphatic rings. The van der Waals surface area contributed by atoms with E-state index < -0.39 is 0 Å². The molecule has 0 aromatic heterocycles. The van der Waals surface area contributed by atoms with Crippen LogP contribution in [0, 0.1) is 6.92 Å². The topological polar surface area (TPSA) is 18.5 Å². The summed E-state index contributed by atoms with van der Waals surface area (Å²) in [5.41, 5.74) is 2.25. The number of ether oxygens (including phenoxy) is 2. The molecule has 0 unspecified atom stereocenters. The quantitative estimate of drug-likeness (QED) is 0.725. The zero-order valence-corrected chi connectivity index (χ0v) is 14.1. The summed E-state index contributed by atoms with van der Waals surface area (Å²) in [4.78, 5) is 0. The molecule has 0 aliphatic heterocycles. The molecule has 0 bridgehead atoms. The van der Waals surface area contributed by atoms with Crippen molar-refractivity contribution in [2.45, 2.75) is 41.2 Å². The molecule has 0 N–H and O–H groups in total. The van der Waals surface area contributed by atoms with Crippen LogP contribution in [-0.2, 0) is 6.61 Å². The predicted octanol–water partition coefficient (Wildman–Crippen LogP) is 5.64. The molecule has 0 saturated carbocycles. The van der Waals surface area contributed by atoms with Crippen molar-refractivity contribution < 1.29 is 9.47 Å². The summed E-state index contributed by atoms with van der Waals surface area (Å²) < 4.78 is 11.0. The summed E-state index contributed by atoms with van der Waals surface area (Å²) in [6.07, 6.45) is 0. The Labute approximate surface area is 129 Å². The number of benzene rings is 2. The highest BCUT2D eigenvalue weighted by Gasteiger charge is 2.02. The van der Waals surface area contributed by atoms with Crippen molar-refractivity contribution in [3.63, 3.8) is 0 Å². The summed E-state index contributed by atoms with van der Waals surface area (Å²) in [5.74, 6) is 1.75. The number of rotatable bonds is 4. The zero-order chi connectivity index (χ0) is 16.1. The maximum atomic E-state index is 5.74. The summed E-state index contributed by atoms with van der Waals surface area (Å²) in [6.45, 7) is 10.6. The molecule has 0 aliphatic carbocycles. The van der Waals surface area contributed by atoms with Gasteiger partial charge in [0.15, 0.2) is 0 Å². The van der Waals surface area contributed by atoms with E-state index in [2.05, 4.69) is 13.0 Å². The van der Waals surface area contributed by atoms with Crippen LogP contribution in [-0.4, -0.2) is 7.11 Å². The number of para-hydroxylation sites is 1. The van der Waals surface area contributed by atoms with Crippen molar-refractivity contribution >= 4 is 0 Å². The van der Waals surface area contributed by atoms with Gasteiger partial charge in [-0.05, 0) is 30.7 Å². The van der Waals surface area contributed by atoms with Gasteiger partial charge >= 0.3 is 0 Å². The minimum Gasteiger partial charge on any atom is -0.496 e. The smallest absolute Gasteiger partial charge is 0.125 e. The Morgan fingerprint density at radius 1 is 0.857 bits per heavy atom. The third kappa shape index (κ3) is 6.84. The van der Waals surface area contributed by atoms with Crippen molar-refractivity contribution in [2.24, 2.45) is 0 Å². The van der Waals surface area contributed by atoms with E-state index in [9.17, 15) is 0 Å². The average molecular weight is 288 g/mol. The van der Waals surface area contributed by atoms with Crippen molar-refractivity contribution in [3.8, 4) is 11.5 Å². The van der Waals surface area contributed by atoms with Crippen LogP contribution >= 0.6 is 0 Å². The third-order valence-corrected chi connectivity index (χ3v) is 2.58. The largest absolute Gasteiger partial charge is 0.496 e. The van der Waals surface area contributed by atoms with Crippen LogP contribution in [0.25, 0.3) is 0 Å². The molecule has 2 rings (SSSR count). The van der Waals surface area contributed by atoms with E-state index >= 15 is 0 Å². The van der Waals surface area contributed by atoms with E-state index in [0.717, 1.165) is 17.1 Å². The second kappa shape index (κ2) is 11.8. The second-order valence-electron chi connectivity index (χ2n) is 3.92. The lowest BCUT2D eigenvalue weighted by molar-refractivity contribution is 0.296. The molecule has 0 radical (unpaired) electrons. The molecule has 0 fully saturated rings. The molecule has 0 heterocycles. The van der Waals surface area contributed by atoms with Gasteiger partial charge in [-0.2, -0.15) is 0 Å². The molecular formula is C19H28O2. The van der Waals surface area contributed by atoms with Crippen LogP contribution in [0.4, 0.5) is 0 Å². The van der Waals surface area contributed by atoms with Crippen LogP contribution in [0.3, 0.4) is 0 Å². The summed E-state index contributed by atoms with van der Waals surface area (Å²) >= 11 is 0. The lowest BCUT2D eigenvalue weighted by atomic mass is 10.2. The molecule has 116 valence electrons. The van der Waals surface area contributed by atoms with Gasteiger partial charge in [0.1, 0.15) is 18.1 Å². The van der Waals surface area contributed by atoms with Gasteiger partial charge in [0.05, 0.1) is 7.11 Å². The van der Waals surface area contributed by atoms with Crippen molar-refractivity contribution in [3.05, 3.63) is 59.7 Å². The lowest BCUT2D eigenvalue weighted by Crippen LogP contribution is -1.98. The Kier molecular flexibility index (Phi) is 10.7. The molecule has 0 saturated heterocycles. The maximum absolute atomic E-state index is 5.74. The van der Waals surface area contributed by atoms with Crippen molar-refractivity contribution in [2.75, 3.05) is 7.11 Å². The van der Waals surface area contributed by atoms with Gasteiger partial charge in [0.2, 0.25) is 0 Å². The van der Waals surface area contributed by atoms with E-state index in [1.54, 1.807) is 7.11 Å². The van der Waals surface area contributed by atoms with E-state index in [1.165, 1.54) is 5.56 Å². The molecule has 0 atom stereocenters. The van der Waals surface area contributed by atoms with E-state index in [0.29, 0.717) is 6.61 Å². The fourth-order valence-electron chi connectivity index (χ4n) is 1.69. The van der Waals surface area contributed by atoms with E-state index in [1.807, 2.05) is 70.2 Å². The van der Waals surface area contributed by atoms with Crippen molar-refractivity contribution in [1.29, 1.82) is 0 Å². The number of aryl methyl sites for hydroxylation is 1. The summed E-state index contributed by atoms with van der Waals surface area (Å²) in [7, 11) is 1.67. The highest BCUT2D eigenvalue weighted by Crippen LogP contribution is 2.20. The zero-order valence-electron chi connectivity index (χ0n) is 14.1. The van der Waals surface area contributed by atoms with Gasteiger partial charge in [-0.1, -0.05) is 58.0 Å². The summed E-state index contributed by atoms with van der Waals surface area (Å²) in [6, 6.07) is 15.9. The molecule has 2 aromatic carbocycles. The number of hydrogen-bond acceptors (Lipinski definition) is 2. The highest BCUT2D eigenvalue weighted by molar-refractivity contribution is 5.34. The molecule has 2 nitrogen and oxygen atoms in total. The fourth-order valence-corrected chi connectivity index (χ4v) is 1.69. The Balaban J connectivity index is 0.000000921. The normalized spacial score (nSPS) is 8.67. The second-order valence-corrected chi connectivity index (χ2v) is 3.92. The Morgan fingerprint density at radius 2 is 1.52 bits per heavy atom. The lowest BCUT2D eigenvalue weighted by Gasteiger charge is -2.10. The van der Waals surface area contributed by atoms with Crippen LogP contribution in [0.5, 0.6) is 11.5 Å². The van der Waals surface area contributed by atoms with Crippen molar-refractivity contribution in [1.82, 2.24) is 0 Å². The predicted molar refractivity (Wildman–Crippen MR) is 91.2 cm³/mol. The van der Waals surface area contributed by atoms with Crippen LogP contribution in [0.15, 0.2) is 48.5 Å². The van der Waals surface area contributed by atoms with Gasteiger partial charge in [-0.15, -0.1) is 0 Å². The molecule has 21 heavy (non-hydrogen) atoms. The Hall–Kier alpha value is -1.96. The molecule has 2 aromatic rings. The fraction of sp³-hybridized carbons (Fsp3) is 0.368. The van der Waals surface area contributed by atoms with Gasteiger partial charge < -0.3 is 9.47 Å². The first-order chi connectivity index (χ1) is 10.3. The first kappa shape index (κ1) is 19.0. The first-order valence-corrected chi connectivity index (χ1v) is 7.61. The van der Waals surface area contributed by atoms with Crippen LogP contribution < -0.4 is 9.47 Å². The van der Waals surface area contributed by atoms with E-state index in [4.69, 9.17) is 9.47 Å². The van der Waals surface area contributed by atoms with Gasteiger partial charge in [-0.3, -0.25) is 0 Å². The molecular weight excluding hydrogens is 260 g/mol. The van der Waals surface area contributed by atoms with Crippen LogP contribution in [0.1, 0.15) is 38.8 Å². The third-order valence-electron chi connectivity index (χ3n) is 2.58. The monoisotopic (exact) mass is 288 g/mol. The standard InChI is InChI=1S/C15H16O2.2C2H6/c1-12-6-5-8-14(10-12)17-11-13-7-3-4-9-15(13)16-2;2*1-2/h3-10H,11H2,1-2H3;2*1-2H3. The van der Waals surface area contributed by atoms with Gasteiger partial charge in [-0.25, -0.2) is 0 Å². The first-order valence-electron chi connectivity index (χ1n) is 7.61. The minimum atomic E-state index is 0.521. The Morgan fingerprint density at radius 3 is 2.14 bits per heavy atom. The van der Waals surface area contributed by atoms with E-state index in [-0.39, 0.29) is 0 Å². The minimum absolute atomic E-state index is 0.521. The summed E-state index contributed by atoms with van der Waals surface area (Å²) in [5, 5.41) is 0. The molecule has 0 amide bonds. The molecule has 0 spiro atoms. The average Bonchev–Trinajstić information content (AvgIpc) is 2.57. The SMILES string of the molecule is CC.CC.COc1ccccc1COc1cccc(C)c1. The Bertz CT molecular complexity index is 492. The van der Waals surface area contributed by atoms with Crippen LogP contribution in [0.2, 0.25) is 0 Å². The molecule has 2 heteroatoms. The highest BCUT2D eigenvalue weighted by atomic mass is 16.5. The number of hydrogen-bond donors (Lipinski definition) is 0. The van der Waals surface area contributed by atoms with Gasteiger partial charge in [0, 0.05) is 5.56 Å². The maximum Gasteiger partial charge on any atom is 0.125 e. The van der Waals surface area contributed by atoms with Gasteiger partial charge in [0.25, 0.3) is 0 Å².